The van der Waals surface area contributed by atoms with Crippen LogP contribution < -0.4 is 5.32 Å². The molecule has 3 fully saturated rings. The second-order valence-corrected chi connectivity index (χ2v) is 7.05. The molecule has 1 aliphatic heterocycles. The Morgan fingerprint density at radius 3 is 2.17 bits per heavy atom. The van der Waals surface area contributed by atoms with Gasteiger partial charge in [-0.2, -0.15) is 0 Å². The number of aliphatic imine (C=N–C) groups is 1. The number of rotatable bonds is 5. The molecule has 132 valence electrons. The summed E-state index contributed by atoms with van der Waals surface area (Å²) in [5, 5.41) is 3.60. The smallest absolute Gasteiger partial charge is 0.308 e. The van der Waals surface area contributed by atoms with Crippen molar-refractivity contribution in [1.82, 2.24) is 10.2 Å². The van der Waals surface area contributed by atoms with E-state index in [1.54, 1.807) is 0 Å². The molecule has 3 rings (SSSR count). The average Bonchev–Trinajstić information content (AvgIpc) is 3.44. The number of piperidine rings is 1. The van der Waals surface area contributed by atoms with Crippen LogP contribution in [0.3, 0.4) is 0 Å². The number of nitrogens with one attached hydrogen (secondary N) is 1. The molecular weight excluding hydrogens is 405 g/mol. The van der Waals surface area contributed by atoms with Gasteiger partial charge in [0, 0.05) is 26.7 Å². The number of halogens is 1. The third-order valence-electron chi connectivity index (χ3n) is 5.49. The molecule has 0 aromatic heterocycles. The summed E-state index contributed by atoms with van der Waals surface area (Å²) in [6.45, 7) is 2.84. The zero-order valence-corrected chi connectivity index (χ0v) is 16.6. The Bertz CT molecular complexity index is 416. The van der Waals surface area contributed by atoms with E-state index in [0.717, 1.165) is 56.2 Å². The maximum atomic E-state index is 11.6. The van der Waals surface area contributed by atoms with Crippen LogP contribution in [0.25, 0.3) is 0 Å². The van der Waals surface area contributed by atoms with Crippen molar-refractivity contribution in [3.63, 3.8) is 0 Å². The summed E-state index contributed by atoms with van der Waals surface area (Å²) in [6.07, 6.45) is 7.42. The zero-order valence-electron chi connectivity index (χ0n) is 14.3. The molecule has 1 heterocycles. The van der Waals surface area contributed by atoms with Crippen molar-refractivity contribution in [3.05, 3.63) is 0 Å². The molecule has 6 heteroatoms. The quantitative estimate of drug-likeness (QED) is 0.312. The van der Waals surface area contributed by atoms with E-state index >= 15 is 0 Å². The highest BCUT2D eigenvalue weighted by Crippen LogP contribution is 2.48. The van der Waals surface area contributed by atoms with Crippen molar-refractivity contribution in [1.29, 1.82) is 0 Å². The summed E-state index contributed by atoms with van der Waals surface area (Å²) in [4.78, 5) is 18.3. The first kappa shape index (κ1) is 18.8. The van der Waals surface area contributed by atoms with E-state index in [1.807, 2.05) is 7.05 Å². The maximum Gasteiger partial charge on any atom is 0.308 e. The molecule has 0 aromatic rings. The van der Waals surface area contributed by atoms with Crippen LogP contribution in [-0.4, -0.2) is 50.6 Å². The number of methoxy groups -OCH3 is 1. The van der Waals surface area contributed by atoms with Crippen LogP contribution >= 0.6 is 24.0 Å². The van der Waals surface area contributed by atoms with Gasteiger partial charge in [0.1, 0.15) is 0 Å². The fourth-order valence-corrected chi connectivity index (χ4v) is 3.80. The van der Waals surface area contributed by atoms with Crippen molar-refractivity contribution < 1.29 is 9.53 Å². The molecule has 2 saturated carbocycles. The molecule has 0 radical (unpaired) electrons. The number of hydrogen-bond acceptors (Lipinski definition) is 3. The van der Waals surface area contributed by atoms with Crippen molar-refractivity contribution in [3.8, 4) is 0 Å². The first-order chi connectivity index (χ1) is 10.7. The van der Waals surface area contributed by atoms with Crippen molar-refractivity contribution in [2.24, 2.45) is 28.7 Å². The summed E-state index contributed by atoms with van der Waals surface area (Å²) >= 11 is 0. The molecule has 0 bridgehead atoms. The highest BCUT2D eigenvalue weighted by Gasteiger charge is 2.41. The first-order valence-electron chi connectivity index (χ1n) is 8.76. The number of nitrogens with zero attached hydrogens (tertiary/aromatic N) is 2. The van der Waals surface area contributed by atoms with Gasteiger partial charge in [-0.3, -0.25) is 9.79 Å². The number of carbonyl (C=O) groups excluding carboxylic acids is 1. The fourth-order valence-electron chi connectivity index (χ4n) is 3.80. The molecule has 0 spiro atoms. The zero-order chi connectivity index (χ0) is 15.5. The SMILES string of the molecule is CN=C(NCC(C1CC1)C1CC1)N1CCC(C(=O)OC)CC1.I. The monoisotopic (exact) mass is 435 g/mol. The third-order valence-corrected chi connectivity index (χ3v) is 5.49. The molecule has 3 aliphatic rings. The summed E-state index contributed by atoms with van der Waals surface area (Å²) in [5.41, 5.74) is 0. The van der Waals surface area contributed by atoms with Crippen molar-refractivity contribution >= 4 is 35.9 Å². The summed E-state index contributed by atoms with van der Waals surface area (Å²) < 4.78 is 4.85. The number of esters is 1. The molecule has 23 heavy (non-hydrogen) atoms. The molecule has 0 aromatic carbocycles. The van der Waals surface area contributed by atoms with E-state index in [2.05, 4.69) is 15.2 Å². The Morgan fingerprint density at radius 2 is 1.74 bits per heavy atom. The summed E-state index contributed by atoms with van der Waals surface area (Å²) in [5.74, 6) is 3.78. The van der Waals surface area contributed by atoms with E-state index in [1.165, 1.54) is 32.8 Å². The van der Waals surface area contributed by atoms with Crippen LogP contribution in [0.15, 0.2) is 4.99 Å². The highest BCUT2D eigenvalue weighted by molar-refractivity contribution is 14.0. The van der Waals surface area contributed by atoms with Gasteiger partial charge in [-0.25, -0.2) is 0 Å². The lowest BCUT2D eigenvalue weighted by Crippen LogP contribution is -2.48. The first-order valence-corrected chi connectivity index (χ1v) is 8.76. The minimum absolute atomic E-state index is 0. The van der Waals surface area contributed by atoms with Gasteiger partial charge in [0.15, 0.2) is 5.96 Å². The molecule has 0 amide bonds. The Hall–Kier alpha value is -0.530. The predicted octanol–water partition coefficient (Wildman–Crippen LogP) is 2.50. The lowest BCUT2D eigenvalue weighted by molar-refractivity contribution is -0.146. The van der Waals surface area contributed by atoms with Crippen LogP contribution in [0.2, 0.25) is 0 Å². The fraction of sp³-hybridized carbons (Fsp3) is 0.882. The van der Waals surface area contributed by atoms with Crippen LogP contribution in [0, 0.1) is 23.7 Å². The Balaban J connectivity index is 0.00000192. The van der Waals surface area contributed by atoms with E-state index < -0.39 is 0 Å². The molecule has 2 aliphatic carbocycles. The maximum absolute atomic E-state index is 11.6. The van der Waals surface area contributed by atoms with E-state index in [9.17, 15) is 4.79 Å². The normalized spacial score (nSPS) is 22.7. The number of ether oxygens (including phenoxy) is 1. The Morgan fingerprint density at radius 1 is 1.17 bits per heavy atom. The average molecular weight is 435 g/mol. The van der Waals surface area contributed by atoms with Crippen LogP contribution in [0.5, 0.6) is 0 Å². The van der Waals surface area contributed by atoms with Gasteiger partial charge < -0.3 is 15.0 Å². The number of hydrogen-bond donors (Lipinski definition) is 1. The van der Waals surface area contributed by atoms with Gasteiger partial charge in [0.25, 0.3) is 0 Å². The van der Waals surface area contributed by atoms with Gasteiger partial charge in [0.05, 0.1) is 13.0 Å². The molecule has 0 atom stereocenters. The lowest BCUT2D eigenvalue weighted by Gasteiger charge is -2.33. The minimum atomic E-state index is -0.0647. The van der Waals surface area contributed by atoms with Crippen molar-refractivity contribution in [2.75, 3.05) is 33.8 Å². The molecule has 1 N–H and O–H groups in total. The molecule has 0 unspecified atom stereocenters. The van der Waals surface area contributed by atoms with Gasteiger partial charge in [-0.1, -0.05) is 0 Å². The highest BCUT2D eigenvalue weighted by atomic mass is 127. The van der Waals surface area contributed by atoms with Gasteiger partial charge >= 0.3 is 5.97 Å². The van der Waals surface area contributed by atoms with Crippen LogP contribution in [0.4, 0.5) is 0 Å². The summed E-state index contributed by atoms with van der Waals surface area (Å²) in [6, 6.07) is 0. The Labute approximate surface area is 156 Å². The molecule has 1 saturated heterocycles. The molecular formula is C17H30IN3O2. The summed E-state index contributed by atoms with van der Waals surface area (Å²) in [7, 11) is 3.34. The third kappa shape index (κ3) is 4.97. The van der Waals surface area contributed by atoms with E-state index in [4.69, 9.17) is 4.74 Å². The lowest BCUT2D eigenvalue weighted by atomic mass is 9.97. The van der Waals surface area contributed by atoms with Crippen molar-refractivity contribution in [2.45, 2.75) is 38.5 Å². The minimum Gasteiger partial charge on any atom is -0.469 e. The topological polar surface area (TPSA) is 53.9 Å². The molecule has 5 nitrogen and oxygen atoms in total. The van der Waals surface area contributed by atoms with Crippen LogP contribution in [0.1, 0.15) is 38.5 Å². The number of guanidine groups is 1. The van der Waals surface area contributed by atoms with Crippen LogP contribution in [-0.2, 0) is 9.53 Å². The largest absolute Gasteiger partial charge is 0.469 e. The van der Waals surface area contributed by atoms with Gasteiger partial charge in [-0.15, -0.1) is 24.0 Å². The Kier molecular flexibility index (Phi) is 6.98. The van der Waals surface area contributed by atoms with E-state index in [-0.39, 0.29) is 35.9 Å². The standard InChI is InChI=1S/C17H29N3O2.HI/c1-18-17(19-11-15(12-3-4-12)13-5-6-13)20-9-7-14(8-10-20)16(21)22-2;/h12-15H,3-11H2,1-2H3,(H,18,19);1H. The number of carbonyl (C=O) groups is 1. The second kappa shape index (κ2) is 8.53. The predicted molar refractivity (Wildman–Crippen MR) is 102 cm³/mol. The van der Waals surface area contributed by atoms with Gasteiger partial charge in [0.2, 0.25) is 0 Å². The van der Waals surface area contributed by atoms with E-state index in [0.29, 0.717) is 0 Å². The number of likely N-dealkylation sites (tertiary alicyclic amines) is 1. The van der Waals surface area contributed by atoms with Gasteiger partial charge in [-0.05, 0) is 56.3 Å². The second-order valence-electron chi connectivity index (χ2n) is 7.05.